The summed E-state index contributed by atoms with van der Waals surface area (Å²) < 4.78 is 100. The lowest BCUT2D eigenvalue weighted by molar-refractivity contribution is -0.239. The molecule has 0 unspecified atom stereocenters. The minimum Gasteiger partial charge on any atom is -0.370 e. The van der Waals surface area contributed by atoms with Gasteiger partial charge in [-0.15, -0.1) is 0 Å². The van der Waals surface area contributed by atoms with Crippen molar-refractivity contribution in [2.45, 2.75) is 11.4 Å². The largest absolute Gasteiger partial charge is 0.396 e. The molecule has 0 saturated carbocycles. The molecule has 0 aliphatic rings. The third kappa shape index (κ3) is 7.38. The SMILES string of the molecule is O=S(=O)(F)C(F)(F)COC/C=C/COC(F)(F)CF. The van der Waals surface area contributed by atoms with E-state index >= 15 is 0 Å². The molecule has 0 heterocycles. The predicted octanol–water partition coefficient (Wildman–Crippen LogP) is 2.03. The Morgan fingerprint density at radius 3 is 2.05 bits per heavy atom. The molecule has 0 atom stereocenters. The second-order valence-corrected chi connectivity index (χ2v) is 4.62. The molecule has 19 heavy (non-hydrogen) atoms. The van der Waals surface area contributed by atoms with Gasteiger partial charge in [0.2, 0.25) is 0 Å². The number of alkyl halides is 5. The number of halogens is 6. The number of ether oxygens (including phenoxy) is 2. The van der Waals surface area contributed by atoms with Gasteiger partial charge in [-0.25, -0.2) is 4.39 Å². The van der Waals surface area contributed by atoms with Gasteiger partial charge in [0, 0.05) is 0 Å². The van der Waals surface area contributed by atoms with Crippen LogP contribution in [-0.4, -0.2) is 46.3 Å². The van der Waals surface area contributed by atoms with Crippen molar-refractivity contribution in [3.05, 3.63) is 12.2 Å². The minimum atomic E-state index is -6.07. The summed E-state index contributed by atoms with van der Waals surface area (Å²) in [6.45, 7) is -5.04. The predicted molar refractivity (Wildman–Crippen MR) is 51.8 cm³/mol. The third-order valence-corrected chi connectivity index (χ3v) is 2.39. The highest BCUT2D eigenvalue weighted by molar-refractivity contribution is 7.87. The molecular weight excluding hydrogens is 306 g/mol. The van der Waals surface area contributed by atoms with E-state index in [9.17, 15) is 34.3 Å². The summed E-state index contributed by atoms with van der Waals surface area (Å²) in [7, 11) is -6.07. The van der Waals surface area contributed by atoms with Crippen molar-refractivity contribution in [1.82, 2.24) is 0 Å². The van der Waals surface area contributed by atoms with Crippen molar-refractivity contribution < 1.29 is 43.7 Å². The standard InChI is InChI=1S/C8H10F6O4S/c9-5-7(10,11)18-4-2-1-3-17-6-8(12,13)19(14,15)16/h1-2H,3-6H2/b2-1+. The van der Waals surface area contributed by atoms with E-state index in [4.69, 9.17) is 0 Å². The first-order valence-corrected chi connectivity index (χ1v) is 6.03. The molecule has 0 aliphatic heterocycles. The monoisotopic (exact) mass is 316 g/mol. The Morgan fingerprint density at radius 1 is 1.05 bits per heavy atom. The van der Waals surface area contributed by atoms with Crippen molar-refractivity contribution in [1.29, 1.82) is 0 Å². The lowest BCUT2D eigenvalue weighted by Gasteiger charge is -2.11. The van der Waals surface area contributed by atoms with Crippen molar-refractivity contribution >= 4 is 10.2 Å². The van der Waals surface area contributed by atoms with Crippen molar-refractivity contribution in [2.75, 3.05) is 26.5 Å². The summed E-state index contributed by atoms with van der Waals surface area (Å²) in [5.41, 5.74) is 0. The third-order valence-electron chi connectivity index (χ3n) is 1.55. The Hall–Kier alpha value is -0.810. The number of hydrogen-bond donors (Lipinski definition) is 0. The van der Waals surface area contributed by atoms with Crippen LogP contribution >= 0.6 is 0 Å². The topological polar surface area (TPSA) is 52.6 Å². The van der Waals surface area contributed by atoms with E-state index in [1.54, 1.807) is 0 Å². The van der Waals surface area contributed by atoms with Crippen molar-refractivity contribution in [3.63, 3.8) is 0 Å². The van der Waals surface area contributed by atoms with Crippen LogP contribution in [0.5, 0.6) is 0 Å². The molecule has 0 N–H and O–H groups in total. The number of hydrogen-bond acceptors (Lipinski definition) is 4. The van der Waals surface area contributed by atoms with E-state index in [0.29, 0.717) is 0 Å². The van der Waals surface area contributed by atoms with Gasteiger partial charge in [0.1, 0.15) is 6.61 Å². The smallest absolute Gasteiger partial charge is 0.370 e. The molecule has 4 nitrogen and oxygen atoms in total. The average Bonchev–Trinajstić information content (AvgIpc) is 2.26. The van der Waals surface area contributed by atoms with Crippen LogP contribution in [0.1, 0.15) is 0 Å². The maximum atomic E-state index is 12.4. The molecule has 0 aromatic heterocycles. The Bertz CT molecular complexity index is 394. The Morgan fingerprint density at radius 2 is 1.58 bits per heavy atom. The van der Waals surface area contributed by atoms with E-state index in [2.05, 4.69) is 9.47 Å². The molecule has 0 bridgehead atoms. The fraction of sp³-hybridized carbons (Fsp3) is 0.750. The Labute approximate surface area is 105 Å². The zero-order valence-corrected chi connectivity index (χ0v) is 10.1. The molecule has 0 radical (unpaired) electrons. The van der Waals surface area contributed by atoms with Crippen LogP contribution in [0.4, 0.5) is 25.8 Å². The summed E-state index contributed by atoms with van der Waals surface area (Å²) in [6.07, 6.45) is -2.10. The van der Waals surface area contributed by atoms with Crippen molar-refractivity contribution in [2.24, 2.45) is 0 Å². The summed E-state index contributed by atoms with van der Waals surface area (Å²) in [5, 5.41) is -4.68. The molecule has 0 aliphatic carbocycles. The highest BCUT2D eigenvalue weighted by Crippen LogP contribution is 2.23. The van der Waals surface area contributed by atoms with Gasteiger partial charge >= 0.3 is 21.6 Å². The normalized spacial score (nSPS) is 14.2. The summed E-state index contributed by atoms with van der Waals surface area (Å²) in [5.74, 6) is 0. The second-order valence-electron chi connectivity index (χ2n) is 3.14. The van der Waals surface area contributed by atoms with Crippen LogP contribution in [0, 0.1) is 0 Å². The molecule has 0 rings (SSSR count). The lowest BCUT2D eigenvalue weighted by Crippen LogP contribution is -2.31. The van der Waals surface area contributed by atoms with Crippen molar-refractivity contribution in [3.8, 4) is 0 Å². The van der Waals surface area contributed by atoms with E-state index in [1.807, 2.05) is 0 Å². The molecule has 0 aromatic rings. The molecule has 11 heteroatoms. The Balaban J connectivity index is 3.88. The zero-order valence-electron chi connectivity index (χ0n) is 9.29. The van der Waals surface area contributed by atoms with E-state index in [-0.39, 0.29) is 0 Å². The first kappa shape index (κ1) is 18.2. The maximum Gasteiger partial charge on any atom is 0.396 e. The van der Waals surface area contributed by atoms with Crippen LogP contribution in [0.2, 0.25) is 0 Å². The molecule has 0 amide bonds. The van der Waals surface area contributed by atoms with Crippen LogP contribution in [0.15, 0.2) is 12.2 Å². The zero-order chi connectivity index (χ0) is 15.2. The average molecular weight is 316 g/mol. The quantitative estimate of drug-likeness (QED) is 0.283. The minimum absolute atomic E-state index is 0.588. The van der Waals surface area contributed by atoms with E-state index in [1.165, 1.54) is 0 Å². The molecule has 114 valence electrons. The Kier molecular flexibility index (Phi) is 6.80. The van der Waals surface area contributed by atoms with Crippen LogP contribution < -0.4 is 0 Å². The summed E-state index contributed by atoms with van der Waals surface area (Å²) in [6, 6.07) is 0. The molecule has 0 spiro atoms. The fourth-order valence-corrected chi connectivity index (χ4v) is 0.885. The van der Waals surface area contributed by atoms with E-state index < -0.39 is 48.1 Å². The van der Waals surface area contributed by atoms with Gasteiger partial charge in [0.05, 0.1) is 13.2 Å². The molecule has 0 aromatic carbocycles. The highest BCUT2D eigenvalue weighted by atomic mass is 32.3. The summed E-state index contributed by atoms with van der Waals surface area (Å²) >= 11 is 0. The molecule has 0 saturated heterocycles. The van der Waals surface area contributed by atoms with Gasteiger partial charge in [0.25, 0.3) is 0 Å². The first-order valence-electron chi connectivity index (χ1n) is 4.64. The van der Waals surface area contributed by atoms with E-state index in [0.717, 1.165) is 12.2 Å². The maximum absolute atomic E-state index is 12.4. The van der Waals surface area contributed by atoms with Gasteiger partial charge in [-0.05, 0) is 0 Å². The molecular formula is C8H10F6O4S. The highest BCUT2D eigenvalue weighted by Gasteiger charge is 2.45. The second kappa shape index (κ2) is 7.10. The van der Waals surface area contributed by atoms with Gasteiger partial charge in [0.15, 0.2) is 6.67 Å². The lowest BCUT2D eigenvalue weighted by atomic mass is 10.5. The van der Waals surface area contributed by atoms with Gasteiger partial charge in [-0.2, -0.15) is 26.0 Å². The fourth-order valence-electron chi connectivity index (χ4n) is 0.661. The van der Waals surface area contributed by atoms with Crippen LogP contribution in [0.25, 0.3) is 0 Å². The summed E-state index contributed by atoms with van der Waals surface area (Å²) in [4.78, 5) is 0. The van der Waals surface area contributed by atoms with Crippen LogP contribution in [0.3, 0.4) is 0 Å². The molecule has 0 fully saturated rings. The van der Waals surface area contributed by atoms with Gasteiger partial charge in [-0.3, -0.25) is 0 Å². The van der Waals surface area contributed by atoms with Gasteiger partial charge < -0.3 is 9.47 Å². The first-order chi connectivity index (χ1) is 8.52. The van der Waals surface area contributed by atoms with Gasteiger partial charge in [-0.1, -0.05) is 16.0 Å². The number of rotatable bonds is 9. The van der Waals surface area contributed by atoms with Crippen LogP contribution in [-0.2, 0) is 19.7 Å².